The van der Waals surface area contributed by atoms with Crippen LogP contribution in [-0.2, 0) is 4.79 Å². The van der Waals surface area contributed by atoms with Crippen LogP contribution in [0.1, 0.15) is 46.0 Å². The average Bonchev–Trinajstić information content (AvgIpc) is 2.49. The Labute approximate surface area is 108 Å². The van der Waals surface area contributed by atoms with Gasteiger partial charge in [-0.05, 0) is 26.7 Å². The van der Waals surface area contributed by atoms with Gasteiger partial charge in [-0.25, -0.2) is 0 Å². The zero-order valence-electron chi connectivity index (χ0n) is 10.7. The maximum Gasteiger partial charge on any atom is 0.230 e. The Morgan fingerprint density at radius 1 is 1.41 bits per heavy atom. The van der Waals surface area contributed by atoms with Crippen molar-refractivity contribution in [2.45, 2.75) is 57.2 Å². The summed E-state index contributed by atoms with van der Waals surface area (Å²) in [6.07, 6.45) is 5.67. The number of hydrogen-bond acceptors (Lipinski definition) is 3. The Bertz CT molecular complexity index is 286. The van der Waals surface area contributed by atoms with E-state index in [-0.39, 0.29) is 17.9 Å². The lowest BCUT2D eigenvalue weighted by Gasteiger charge is -2.18. The molecule has 0 spiro atoms. The molecule has 0 bridgehead atoms. The summed E-state index contributed by atoms with van der Waals surface area (Å²) in [5, 5.41) is 12.4. The summed E-state index contributed by atoms with van der Waals surface area (Å²) in [6, 6.07) is 2.60. The van der Waals surface area contributed by atoms with Crippen LogP contribution in [0.3, 0.4) is 0 Å². The van der Waals surface area contributed by atoms with Crippen molar-refractivity contribution in [3.8, 4) is 6.07 Å². The maximum absolute atomic E-state index is 11.6. The number of rotatable bonds is 4. The van der Waals surface area contributed by atoms with Gasteiger partial charge in [0.2, 0.25) is 5.91 Å². The van der Waals surface area contributed by atoms with Crippen LogP contribution < -0.4 is 5.32 Å². The summed E-state index contributed by atoms with van der Waals surface area (Å²) in [5.41, 5.74) is 0. The molecule has 0 aromatic carbocycles. The van der Waals surface area contributed by atoms with Crippen LogP contribution in [-0.4, -0.2) is 23.0 Å². The van der Waals surface area contributed by atoms with E-state index in [9.17, 15) is 4.79 Å². The van der Waals surface area contributed by atoms with Crippen LogP contribution >= 0.6 is 11.8 Å². The minimum Gasteiger partial charge on any atom is -0.353 e. The molecule has 4 heteroatoms. The van der Waals surface area contributed by atoms with Crippen LogP contribution in [0.2, 0.25) is 0 Å². The Balaban J connectivity index is 2.37. The van der Waals surface area contributed by atoms with Crippen LogP contribution in [0, 0.1) is 17.2 Å². The van der Waals surface area contributed by atoms with E-state index in [1.807, 2.05) is 13.8 Å². The molecule has 1 fully saturated rings. The minimum absolute atomic E-state index is 0.0888. The van der Waals surface area contributed by atoms with Crippen molar-refractivity contribution in [2.75, 3.05) is 5.75 Å². The van der Waals surface area contributed by atoms with E-state index in [0.717, 1.165) is 19.3 Å². The second kappa shape index (κ2) is 7.60. The molecule has 96 valence electrons. The Hall–Kier alpha value is -0.690. The molecule has 0 radical (unpaired) electrons. The fourth-order valence-corrected chi connectivity index (χ4v) is 3.38. The van der Waals surface area contributed by atoms with Gasteiger partial charge in [0.15, 0.2) is 0 Å². The molecule has 0 aromatic heterocycles. The highest BCUT2D eigenvalue weighted by molar-refractivity contribution is 8.00. The molecule has 0 saturated heterocycles. The topological polar surface area (TPSA) is 52.9 Å². The van der Waals surface area contributed by atoms with Gasteiger partial charge < -0.3 is 5.32 Å². The van der Waals surface area contributed by atoms with Gasteiger partial charge in [-0.2, -0.15) is 5.26 Å². The van der Waals surface area contributed by atoms with Gasteiger partial charge in [0.1, 0.15) is 0 Å². The van der Waals surface area contributed by atoms with E-state index in [4.69, 9.17) is 5.26 Å². The summed E-state index contributed by atoms with van der Waals surface area (Å²) in [5.74, 6) is 0.710. The Kier molecular flexibility index (Phi) is 6.43. The van der Waals surface area contributed by atoms with E-state index in [0.29, 0.717) is 11.0 Å². The number of carbonyl (C=O) groups is 1. The van der Waals surface area contributed by atoms with Crippen molar-refractivity contribution in [3.05, 3.63) is 0 Å². The predicted molar refractivity (Wildman–Crippen MR) is 71.7 cm³/mol. The van der Waals surface area contributed by atoms with Crippen LogP contribution in [0.25, 0.3) is 0 Å². The smallest absolute Gasteiger partial charge is 0.230 e. The van der Waals surface area contributed by atoms with Gasteiger partial charge in [0.25, 0.3) is 0 Å². The van der Waals surface area contributed by atoms with E-state index in [1.54, 1.807) is 11.8 Å². The highest BCUT2D eigenvalue weighted by Crippen LogP contribution is 2.31. The normalized spacial score (nSPS) is 25.1. The zero-order valence-corrected chi connectivity index (χ0v) is 11.6. The first-order chi connectivity index (χ1) is 8.13. The van der Waals surface area contributed by atoms with Crippen LogP contribution in [0.15, 0.2) is 0 Å². The van der Waals surface area contributed by atoms with Crippen molar-refractivity contribution < 1.29 is 4.79 Å². The third-order valence-electron chi connectivity index (χ3n) is 3.00. The molecule has 0 heterocycles. The summed E-state index contributed by atoms with van der Waals surface area (Å²) in [4.78, 5) is 11.6. The van der Waals surface area contributed by atoms with Crippen molar-refractivity contribution >= 4 is 17.7 Å². The third kappa shape index (κ3) is 5.45. The number of nitrogens with zero attached hydrogens (tertiary/aromatic N) is 1. The lowest BCUT2D eigenvalue weighted by Crippen LogP contribution is -2.32. The van der Waals surface area contributed by atoms with Gasteiger partial charge in [0, 0.05) is 11.3 Å². The second-order valence-corrected chi connectivity index (χ2v) is 6.17. The first kappa shape index (κ1) is 14.4. The SMILES string of the molecule is CC(C)NC(=O)CSC1CCCCCC1C#N. The first-order valence-corrected chi connectivity index (χ1v) is 7.49. The van der Waals surface area contributed by atoms with Gasteiger partial charge in [0.05, 0.1) is 17.7 Å². The van der Waals surface area contributed by atoms with Crippen molar-refractivity contribution in [2.24, 2.45) is 5.92 Å². The first-order valence-electron chi connectivity index (χ1n) is 6.44. The third-order valence-corrected chi connectivity index (χ3v) is 4.42. The molecule has 17 heavy (non-hydrogen) atoms. The lowest BCUT2D eigenvalue weighted by atomic mass is 10.0. The van der Waals surface area contributed by atoms with Gasteiger partial charge >= 0.3 is 0 Å². The summed E-state index contributed by atoms with van der Waals surface area (Å²) >= 11 is 1.66. The van der Waals surface area contributed by atoms with Crippen molar-refractivity contribution in [3.63, 3.8) is 0 Å². The number of nitrogens with one attached hydrogen (secondary N) is 1. The number of amides is 1. The quantitative estimate of drug-likeness (QED) is 0.785. The Morgan fingerprint density at radius 2 is 2.12 bits per heavy atom. The van der Waals surface area contributed by atoms with Crippen LogP contribution in [0.5, 0.6) is 0 Å². The molecule has 0 aromatic rings. The molecule has 1 aliphatic carbocycles. The molecule has 1 rings (SSSR count). The number of hydrogen-bond donors (Lipinski definition) is 1. The van der Waals surface area contributed by atoms with E-state index in [1.165, 1.54) is 12.8 Å². The fourth-order valence-electron chi connectivity index (χ4n) is 2.17. The van der Waals surface area contributed by atoms with Gasteiger partial charge in [-0.3, -0.25) is 4.79 Å². The number of thioether (sulfide) groups is 1. The summed E-state index contributed by atoms with van der Waals surface area (Å²) in [7, 11) is 0. The molecular weight excluding hydrogens is 232 g/mol. The Morgan fingerprint density at radius 3 is 2.76 bits per heavy atom. The molecule has 1 N–H and O–H groups in total. The van der Waals surface area contributed by atoms with E-state index in [2.05, 4.69) is 11.4 Å². The highest BCUT2D eigenvalue weighted by atomic mass is 32.2. The van der Waals surface area contributed by atoms with Crippen molar-refractivity contribution in [1.82, 2.24) is 5.32 Å². The number of nitriles is 1. The molecule has 0 aliphatic heterocycles. The molecule has 1 amide bonds. The molecule has 1 aliphatic rings. The lowest BCUT2D eigenvalue weighted by molar-refractivity contribution is -0.119. The monoisotopic (exact) mass is 254 g/mol. The average molecular weight is 254 g/mol. The largest absolute Gasteiger partial charge is 0.353 e. The summed E-state index contributed by atoms with van der Waals surface area (Å²) in [6.45, 7) is 3.93. The standard InChI is InChI=1S/C13H22N2OS/c1-10(2)15-13(16)9-17-12-7-5-3-4-6-11(12)8-14/h10-12H,3-7,9H2,1-2H3,(H,15,16). The highest BCUT2D eigenvalue weighted by Gasteiger charge is 2.24. The van der Waals surface area contributed by atoms with Crippen LogP contribution in [0.4, 0.5) is 0 Å². The molecule has 2 atom stereocenters. The summed E-state index contributed by atoms with van der Waals surface area (Å²) < 4.78 is 0. The zero-order chi connectivity index (χ0) is 12.7. The predicted octanol–water partition coefficient (Wildman–Crippen LogP) is 2.72. The molecule has 1 saturated carbocycles. The minimum atomic E-state index is 0.0888. The molecule has 3 nitrogen and oxygen atoms in total. The molecular formula is C13H22N2OS. The second-order valence-electron chi connectivity index (χ2n) is 4.95. The van der Waals surface area contributed by atoms with E-state index >= 15 is 0 Å². The maximum atomic E-state index is 11.6. The number of carbonyl (C=O) groups excluding carboxylic acids is 1. The van der Waals surface area contributed by atoms with Gasteiger partial charge in [-0.15, -0.1) is 11.8 Å². The fraction of sp³-hybridized carbons (Fsp3) is 0.846. The van der Waals surface area contributed by atoms with Crippen molar-refractivity contribution in [1.29, 1.82) is 5.26 Å². The van der Waals surface area contributed by atoms with E-state index < -0.39 is 0 Å². The van der Waals surface area contributed by atoms with Gasteiger partial charge in [-0.1, -0.05) is 19.3 Å². The molecule has 2 unspecified atom stereocenters.